The van der Waals surface area contributed by atoms with Gasteiger partial charge in [-0.1, -0.05) is 0 Å². The van der Waals surface area contributed by atoms with E-state index in [1.807, 2.05) is 0 Å². The van der Waals surface area contributed by atoms with Crippen LogP contribution < -0.4 is 0 Å². The lowest BCUT2D eigenvalue weighted by Gasteiger charge is -1.79. The molecule has 2 nitrogen and oxygen atoms in total. The minimum absolute atomic E-state index is 0.0625. The topological polar surface area (TPSA) is 37.3 Å². The van der Waals surface area contributed by atoms with Crippen molar-refractivity contribution in [1.29, 1.82) is 0 Å². The van der Waals surface area contributed by atoms with Gasteiger partial charge in [-0.15, -0.1) is 0 Å². The predicted molar refractivity (Wildman–Crippen MR) is 25.7 cm³/mol. The van der Waals surface area contributed by atoms with E-state index in [2.05, 4.69) is 6.08 Å². The van der Waals surface area contributed by atoms with Gasteiger partial charge in [0.25, 0.3) is 0 Å². The molecule has 0 aromatic carbocycles. The Hall–Kier alpha value is -0.790. The van der Waals surface area contributed by atoms with Crippen LogP contribution in [0.2, 0.25) is 0 Å². The summed E-state index contributed by atoms with van der Waals surface area (Å²) < 4.78 is 0. The third-order valence-corrected chi connectivity index (χ3v) is 0.357. The van der Waals surface area contributed by atoms with Crippen LogP contribution in [0.15, 0.2) is 5.76 Å². The minimum atomic E-state index is -0.250. The monoisotopic (exact) mass is 99.0 g/mol. The first-order valence-electron chi connectivity index (χ1n) is 1.93. The summed E-state index contributed by atoms with van der Waals surface area (Å²) in [5, 5.41) is 8.31. The number of carbonyl (C=O) groups is 1. The fraction of sp³-hybridized carbons (Fsp3) is 0.400. The van der Waals surface area contributed by atoms with Crippen LogP contribution in [0.3, 0.4) is 0 Å². The Balaban J connectivity index is 3.68. The van der Waals surface area contributed by atoms with E-state index in [1.54, 1.807) is 0 Å². The smallest absolute Gasteiger partial charge is 0.164 e. The van der Waals surface area contributed by atoms with E-state index in [1.165, 1.54) is 13.8 Å². The summed E-state index contributed by atoms with van der Waals surface area (Å²) >= 11 is 0. The molecule has 2 heteroatoms. The fourth-order valence-electron chi connectivity index (χ4n) is 0.255. The third kappa shape index (κ3) is 5.21. The molecular weight excluding hydrogens is 92.1 g/mol. The van der Waals surface area contributed by atoms with Crippen molar-refractivity contribution >= 4 is 5.78 Å². The van der Waals surface area contributed by atoms with Gasteiger partial charge in [0.2, 0.25) is 0 Å². The van der Waals surface area contributed by atoms with Crippen molar-refractivity contribution in [2.45, 2.75) is 13.8 Å². The van der Waals surface area contributed by atoms with Gasteiger partial charge in [-0.2, -0.15) is 0 Å². The Bertz CT molecular complexity index is 98.6. The average molecular weight is 99.1 g/mol. The molecular formula is C5H7O2. The minimum Gasteiger partial charge on any atom is -0.512 e. The number of Topliss-reactive ketones (excluding diaryl/α,β-unsaturated/α-hetero) is 1. The van der Waals surface area contributed by atoms with E-state index >= 15 is 0 Å². The van der Waals surface area contributed by atoms with Gasteiger partial charge in [0.1, 0.15) is 5.76 Å². The zero-order valence-corrected chi connectivity index (χ0v) is 4.36. The predicted octanol–water partition coefficient (Wildman–Crippen LogP) is 0.840. The van der Waals surface area contributed by atoms with Crippen LogP contribution in [0.1, 0.15) is 13.8 Å². The zero-order chi connectivity index (χ0) is 5.86. The molecule has 0 saturated heterocycles. The highest BCUT2D eigenvalue weighted by Crippen LogP contribution is 1.80. The van der Waals surface area contributed by atoms with E-state index in [-0.39, 0.29) is 11.5 Å². The highest BCUT2D eigenvalue weighted by molar-refractivity contribution is 5.83. The Kier molecular flexibility index (Phi) is 2.12. The summed E-state index contributed by atoms with van der Waals surface area (Å²) in [5.74, 6) is -0.312. The van der Waals surface area contributed by atoms with E-state index in [9.17, 15) is 4.79 Å². The second kappa shape index (κ2) is 2.39. The standard InChI is InChI=1S/C5H7O2/c1-4(6)3-5(2)7/h6H,1-2H3. The highest BCUT2D eigenvalue weighted by Gasteiger charge is 1.84. The summed E-state index contributed by atoms with van der Waals surface area (Å²) in [5.41, 5.74) is 0. The number of allylic oxidation sites excluding steroid dienone is 2. The lowest BCUT2D eigenvalue weighted by molar-refractivity contribution is -0.113. The first-order valence-corrected chi connectivity index (χ1v) is 1.93. The summed E-state index contributed by atoms with van der Waals surface area (Å²) in [7, 11) is 0. The van der Waals surface area contributed by atoms with Crippen LogP contribution in [-0.4, -0.2) is 10.9 Å². The quantitative estimate of drug-likeness (QED) is 0.390. The van der Waals surface area contributed by atoms with Crippen molar-refractivity contribution in [2.24, 2.45) is 0 Å². The van der Waals surface area contributed by atoms with Crippen LogP contribution in [-0.2, 0) is 4.79 Å². The van der Waals surface area contributed by atoms with E-state index < -0.39 is 0 Å². The molecule has 0 rings (SSSR count). The number of aliphatic hydroxyl groups excluding tert-OH is 1. The molecule has 0 aromatic heterocycles. The third-order valence-electron chi connectivity index (χ3n) is 0.357. The molecule has 0 aliphatic carbocycles. The van der Waals surface area contributed by atoms with Crippen LogP contribution >= 0.6 is 0 Å². The first-order chi connectivity index (χ1) is 3.13. The van der Waals surface area contributed by atoms with Crippen LogP contribution in [0, 0.1) is 6.08 Å². The summed E-state index contributed by atoms with van der Waals surface area (Å²) in [4.78, 5) is 9.96. The van der Waals surface area contributed by atoms with Crippen LogP contribution in [0.5, 0.6) is 0 Å². The van der Waals surface area contributed by atoms with Gasteiger partial charge in [-0.25, -0.2) is 0 Å². The Morgan fingerprint density at radius 2 is 2.00 bits per heavy atom. The van der Waals surface area contributed by atoms with Crippen molar-refractivity contribution in [3.63, 3.8) is 0 Å². The zero-order valence-electron chi connectivity index (χ0n) is 4.36. The number of ketones is 1. The van der Waals surface area contributed by atoms with Gasteiger partial charge in [0.15, 0.2) is 5.78 Å². The molecule has 0 amide bonds. The summed E-state index contributed by atoms with van der Waals surface area (Å²) in [6.45, 7) is 2.74. The number of rotatable bonds is 1. The Morgan fingerprint density at radius 1 is 1.57 bits per heavy atom. The van der Waals surface area contributed by atoms with Crippen molar-refractivity contribution in [3.05, 3.63) is 11.8 Å². The van der Waals surface area contributed by atoms with Crippen LogP contribution in [0.25, 0.3) is 0 Å². The van der Waals surface area contributed by atoms with Crippen molar-refractivity contribution in [3.8, 4) is 0 Å². The molecule has 0 aromatic rings. The molecule has 0 spiro atoms. The molecule has 39 valence electrons. The van der Waals surface area contributed by atoms with Gasteiger partial charge in [0, 0.05) is 0 Å². The molecule has 0 aliphatic rings. The van der Waals surface area contributed by atoms with Crippen molar-refractivity contribution < 1.29 is 9.90 Å². The van der Waals surface area contributed by atoms with Gasteiger partial charge >= 0.3 is 0 Å². The van der Waals surface area contributed by atoms with Gasteiger partial charge < -0.3 is 5.11 Å². The lowest BCUT2D eigenvalue weighted by atomic mass is 10.4. The molecule has 1 N–H and O–H groups in total. The number of aliphatic hydroxyl groups is 1. The normalized spacial score (nSPS) is 11.4. The Morgan fingerprint density at radius 3 is 2.00 bits per heavy atom. The molecule has 0 fully saturated rings. The molecule has 0 bridgehead atoms. The molecule has 0 aliphatic heterocycles. The second-order valence-electron chi connectivity index (χ2n) is 1.27. The van der Waals surface area contributed by atoms with E-state index in [4.69, 9.17) is 5.11 Å². The summed E-state index contributed by atoms with van der Waals surface area (Å²) in [6, 6.07) is 0. The van der Waals surface area contributed by atoms with E-state index in [0.29, 0.717) is 0 Å². The number of hydrogen-bond acceptors (Lipinski definition) is 2. The molecule has 1 radical (unpaired) electrons. The maximum atomic E-state index is 9.96. The van der Waals surface area contributed by atoms with Crippen LogP contribution in [0.4, 0.5) is 0 Å². The lowest BCUT2D eigenvalue weighted by Crippen LogP contribution is -1.84. The van der Waals surface area contributed by atoms with Gasteiger partial charge in [0.05, 0.1) is 6.08 Å². The first kappa shape index (κ1) is 6.21. The molecule has 0 atom stereocenters. The molecule has 0 heterocycles. The van der Waals surface area contributed by atoms with Gasteiger partial charge in [-0.3, -0.25) is 4.79 Å². The molecule has 0 unspecified atom stereocenters. The summed E-state index contributed by atoms with van der Waals surface area (Å²) in [6.07, 6.45) is 2.14. The average Bonchev–Trinajstić information content (AvgIpc) is 1.27. The SMILES string of the molecule is CC(=O)/[C]=C(/C)O. The van der Waals surface area contributed by atoms with Crippen molar-refractivity contribution in [1.82, 2.24) is 0 Å². The number of carbonyl (C=O) groups excluding carboxylic acids is 1. The maximum Gasteiger partial charge on any atom is 0.164 e. The van der Waals surface area contributed by atoms with Gasteiger partial charge in [-0.05, 0) is 13.8 Å². The molecule has 7 heavy (non-hydrogen) atoms. The fourth-order valence-corrected chi connectivity index (χ4v) is 0.255. The highest BCUT2D eigenvalue weighted by atomic mass is 16.3. The van der Waals surface area contributed by atoms with Crippen molar-refractivity contribution in [2.75, 3.05) is 0 Å². The van der Waals surface area contributed by atoms with E-state index in [0.717, 1.165) is 0 Å². The second-order valence-corrected chi connectivity index (χ2v) is 1.27. The Labute approximate surface area is 42.5 Å². The largest absolute Gasteiger partial charge is 0.512 e. The maximum absolute atomic E-state index is 9.96. The molecule has 0 saturated carbocycles. The number of hydrogen-bond donors (Lipinski definition) is 1.